The Kier molecular flexibility index (Phi) is 10.9. The van der Waals surface area contributed by atoms with Gasteiger partial charge in [0, 0.05) is 76.3 Å². The van der Waals surface area contributed by atoms with Crippen molar-refractivity contribution in [3.63, 3.8) is 0 Å². The number of ether oxygens (including phenoxy) is 4. The van der Waals surface area contributed by atoms with Crippen LogP contribution < -0.4 is 20.1 Å². The maximum atomic E-state index is 14.0. The van der Waals surface area contributed by atoms with Gasteiger partial charge in [0.25, 0.3) is 0 Å². The van der Waals surface area contributed by atoms with Crippen molar-refractivity contribution in [1.29, 1.82) is 0 Å². The average Bonchev–Trinajstić information content (AvgIpc) is 4.07. The molecular weight excluding hydrogens is 815 g/mol. The third-order valence-corrected chi connectivity index (χ3v) is 14.2. The van der Waals surface area contributed by atoms with Gasteiger partial charge in [-0.15, -0.1) is 0 Å². The molecule has 338 valence electrons. The highest BCUT2D eigenvalue weighted by Gasteiger charge is 2.43. The van der Waals surface area contributed by atoms with E-state index in [1.807, 2.05) is 37.5 Å². The molecular formula is C49H59N7O8. The Morgan fingerprint density at radius 3 is 1.80 bits per heavy atom. The van der Waals surface area contributed by atoms with E-state index in [2.05, 4.69) is 39.9 Å². The number of hydrogen-bond donors (Lipinski definition) is 3. The number of rotatable bonds is 12. The zero-order valence-electron chi connectivity index (χ0n) is 37.7. The van der Waals surface area contributed by atoms with Crippen molar-refractivity contribution in [2.45, 2.75) is 129 Å². The summed E-state index contributed by atoms with van der Waals surface area (Å²) in [4.78, 5) is 70.4. The molecule has 0 radical (unpaired) electrons. The van der Waals surface area contributed by atoms with Gasteiger partial charge in [-0.3, -0.25) is 14.6 Å². The van der Waals surface area contributed by atoms with Crippen LogP contribution in [0.25, 0.3) is 28.0 Å². The monoisotopic (exact) mass is 873 g/mol. The number of imidazole rings is 1. The molecule has 4 atom stereocenters. The summed E-state index contributed by atoms with van der Waals surface area (Å²) in [6.07, 6.45) is 7.12. The first-order valence-electron chi connectivity index (χ1n) is 23.2. The number of allylic oxidation sites excluding steroid dienone is 2. The number of aromatic nitrogens is 2. The Bertz CT molecular complexity index is 2430. The van der Waals surface area contributed by atoms with E-state index < -0.39 is 24.3 Å². The van der Waals surface area contributed by atoms with Crippen LogP contribution in [0.4, 0.5) is 9.59 Å². The summed E-state index contributed by atoms with van der Waals surface area (Å²) >= 11 is 0. The minimum atomic E-state index is -0.705. The molecule has 5 aliphatic heterocycles. The molecule has 15 nitrogen and oxygen atoms in total. The van der Waals surface area contributed by atoms with Gasteiger partial charge in [-0.1, -0.05) is 27.7 Å². The molecule has 3 aromatic rings. The number of nitrogens with zero attached hydrogens (tertiary/aromatic N) is 4. The number of carbonyl (C=O) groups excluding carboxylic acids is 4. The third kappa shape index (κ3) is 7.57. The van der Waals surface area contributed by atoms with Gasteiger partial charge in [-0.2, -0.15) is 0 Å². The van der Waals surface area contributed by atoms with Gasteiger partial charge >= 0.3 is 12.2 Å². The number of carbonyl (C=O) groups is 4. The average molecular weight is 874 g/mol. The van der Waals surface area contributed by atoms with E-state index in [0.29, 0.717) is 44.6 Å². The molecule has 4 fully saturated rings. The molecule has 4 amide bonds. The van der Waals surface area contributed by atoms with Crippen LogP contribution in [0.3, 0.4) is 0 Å². The number of benzene rings is 2. The summed E-state index contributed by atoms with van der Waals surface area (Å²) in [5.41, 5.74) is 11.6. The first-order valence-corrected chi connectivity index (χ1v) is 23.2. The van der Waals surface area contributed by atoms with Crippen molar-refractivity contribution in [3.05, 3.63) is 58.2 Å². The number of likely N-dealkylation sites (tertiary alicyclic amines) is 2. The summed E-state index contributed by atoms with van der Waals surface area (Å²) in [6.45, 7) is 9.70. The highest BCUT2D eigenvalue weighted by atomic mass is 16.5. The van der Waals surface area contributed by atoms with E-state index in [1.165, 1.54) is 19.8 Å². The molecule has 1 aromatic heterocycles. The van der Waals surface area contributed by atoms with Crippen molar-refractivity contribution in [2.24, 2.45) is 22.7 Å². The standard InChI is InChI=1S/C49H59N7O8/c1-24(2)40(53-48(59)61-5)46(57)55-15-7-9-34(55)33-21-32(42(50-33)26-11-12-26)28-17-30-22-64-37-20-29(18-31-23-63-36(19-28)38(30)39(31)37)44-43(27-13-14-27)51-45(52-44)35-10-8-16-56(35)47(58)41(25(3)4)54-49(60)62-6/h17-20,24-27,34-35,40-41H,7-16,21-23H2,1-6H3,(H,51,52)(H,53,59)(H,54,60)/t34-,35-,40-,41-/m0/s1. The van der Waals surface area contributed by atoms with Crippen LogP contribution in [0.1, 0.15) is 126 Å². The molecule has 7 aliphatic rings. The van der Waals surface area contributed by atoms with Gasteiger partial charge in [-0.05, 0) is 98.6 Å². The predicted molar refractivity (Wildman–Crippen MR) is 239 cm³/mol. The summed E-state index contributed by atoms with van der Waals surface area (Å²) < 4.78 is 23.0. The first kappa shape index (κ1) is 42.1. The van der Waals surface area contributed by atoms with Crippen molar-refractivity contribution in [2.75, 3.05) is 27.3 Å². The fourth-order valence-corrected chi connectivity index (χ4v) is 10.6. The Balaban J connectivity index is 0.921. The van der Waals surface area contributed by atoms with Crippen molar-refractivity contribution < 1.29 is 38.1 Å². The second-order valence-corrected chi connectivity index (χ2v) is 19.3. The van der Waals surface area contributed by atoms with Gasteiger partial charge < -0.3 is 44.4 Å². The Hall–Kier alpha value is -5.86. The molecule has 0 spiro atoms. The minimum Gasteiger partial charge on any atom is -0.488 e. The third-order valence-electron chi connectivity index (χ3n) is 14.2. The molecule has 2 aliphatic carbocycles. The fraction of sp³-hybridized carbons (Fsp3) is 0.551. The van der Waals surface area contributed by atoms with Crippen LogP contribution in [0, 0.1) is 17.8 Å². The van der Waals surface area contributed by atoms with Crippen molar-refractivity contribution in [1.82, 2.24) is 30.4 Å². The van der Waals surface area contributed by atoms with E-state index in [-0.39, 0.29) is 35.7 Å². The number of hydrogen-bond acceptors (Lipinski definition) is 10. The van der Waals surface area contributed by atoms with Crippen LogP contribution >= 0.6 is 0 Å². The zero-order valence-corrected chi connectivity index (χ0v) is 37.7. The van der Waals surface area contributed by atoms with Crippen molar-refractivity contribution in [3.8, 4) is 33.9 Å². The van der Waals surface area contributed by atoms with E-state index in [1.54, 1.807) is 0 Å². The topological polar surface area (TPSA) is 177 Å². The highest BCUT2D eigenvalue weighted by molar-refractivity contribution is 6.05. The smallest absolute Gasteiger partial charge is 0.407 e. The molecule has 10 rings (SSSR count). The quantitative estimate of drug-likeness (QED) is 0.164. The minimum absolute atomic E-state index is 0.0940. The van der Waals surface area contributed by atoms with Gasteiger partial charge in [0.05, 0.1) is 32.0 Å². The van der Waals surface area contributed by atoms with Crippen LogP contribution in [0.5, 0.6) is 11.5 Å². The van der Waals surface area contributed by atoms with Crippen LogP contribution in [0.15, 0.2) is 35.0 Å². The van der Waals surface area contributed by atoms with E-state index in [0.717, 1.165) is 125 Å². The highest BCUT2D eigenvalue weighted by Crippen LogP contribution is 2.53. The van der Waals surface area contributed by atoms with Crippen LogP contribution in [0.2, 0.25) is 0 Å². The van der Waals surface area contributed by atoms with Crippen LogP contribution in [-0.4, -0.2) is 94.9 Å². The van der Waals surface area contributed by atoms with Crippen LogP contribution in [-0.2, 0) is 32.3 Å². The molecule has 2 aromatic carbocycles. The number of amides is 4. The lowest BCUT2D eigenvalue weighted by molar-refractivity contribution is -0.135. The molecule has 2 saturated heterocycles. The molecule has 0 unspecified atom stereocenters. The van der Waals surface area contributed by atoms with E-state index in [4.69, 9.17) is 28.9 Å². The number of aliphatic imine (C=N–C) groups is 1. The number of alkyl carbamates (subject to hydrolysis) is 2. The lowest BCUT2D eigenvalue weighted by Gasteiger charge is -2.31. The van der Waals surface area contributed by atoms with E-state index in [9.17, 15) is 19.2 Å². The summed E-state index contributed by atoms with van der Waals surface area (Å²) in [6, 6.07) is 6.99. The van der Waals surface area contributed by atoms with Gasteiger partial charge in [0.15, 0.2) is 0 Å². The normalized spacial score (nSPS) is 21.9. The molecule has 0 bridgehead atoms. The zero-order chi connectivity index (χ0) is 44.6. The SMILES string of the molecule is COC(=O)N[C@H](C(=O)N1CCC[C@H]1C1=NC(C2CC2)=C(c2cc3c4c(c2)OCc2cc(-c5nc([C@@H]6CCCN6C(=O)[C@@H](NC(=O)OC)C(C)C)[nH]c5C5CC5)cc(c2-4)OC3)C1)C(C)C. The summed E-state index contributed by atoms with van der Waals surface area (Å²) in [5.74, 6) is 2.75. The molecule has 64 heavy (non-hydrogen) atoms. The number of nitrogens with one attached hydrogen (secondary N) is 3. The van der Waals surface area contributed by atoms with E-state index >= 15 is 0 Å². The summed E-state index contributed by atoms with van der Waals surface area (Å²) in [5, 5.41) is 5.52. The number of H-pyrrole nitrogens is 1. The maximum absolute atomic E-state index is 14.0. The summed E-state index contributed by atoms with van der Waals surface area (Å²) in [7, 11) is 2.62. The van der Waals surface area contributed by atoms with Gasteiger partial charge in [-0.25, -0.2) is 14.6 Å². The molecule has 15 heteroatoms. The largest absolute Gasteiger partial charge is 0.488 e. The maximum Gasteiger partial charge on any atom is 0.407 e. The van der Waals surface area contributed by atoms with Crippen molar-refractivity contribution >= 4 is 35.3 Å². The molecule has 2 saturated carbocycles. The number of methoxy groups -OCH3 is 2. The first-order chi connectivity index (χ1) is 30.9. The van der Waals surface area contributed by atoms with Gasteiger partial charge in [0.1, 0.15) is 42.6 Å². The second kappa shape index (κ2) is 16.6. The number of aromatic amines is 1. The Labute approximate surface area is 373 Å². The lowest BCUT2D eigenvalue weighted by atomic mass is 9.86. The molecule has 3 N–H and O–H groups in total. The predicted octanol–water partition coefficient (Wildman–Crippen LogP) is 7.79. The molecule has 6 heterocycles. The Morgan fingerprint density at radius 2 is 1.25 bits per heavy atom. The lowest BCUT2D eigenvalue weighted by Crippen LogP contribution is -2.53. The van der Waals surface area contributed by atoms with Gasteiger partial charge in [0.2, 0.25) is 11.8 Å². The Morgan fingerprint density at radius 1 is 0.719 bits per heavy atom. The fourth-order valence-electron chi connectivity index (χ4n) is 10.6. The second-order valence-electron chi connectivity index (χ2n) is 19.3.